The molecule has 0 saturated heterocycles. The molecule has 0 N–H and O–H groups in total. The first-order chi connectivity index (χ1) is 9.20. The summed E-state index contributed by atoms with van der Waals surface area (Å²) in [5, 5.41) is 0. The van der Waals surface area contributed by atoms with E-state index in [-0.39, 0.29) is 0 Å². The van der Waals surface area contributed by atoms with Crippen LogP contribution < -0.4 is 0 Å². The molecule has 2 aromatic heterocycles. The van der Waals surface area contributed by atoms with Crippen LogP contribution in [0.5, 0.6) is 0 Å². The van der Waals surface area contributed by atoms with Gasteiger partial charge < -0.3 is 4.57 Å². The highest BCUT2D eigenvalue weighted by molar-refractivity contribution is 5.80. The lowest BCUT2D eigenvalue weighted by atomic mass is 10.2. The second-order valence-corrected chi connectivity index (χ2v) is 4.18. The van der Waals surface area contributed by atoms with Crippen molar-refractivity contribution in [1.29, 1.82) is 0 Å². The first kappa shape index (κ1) is 11.8. The minimum atomic E-state index is -0.883. The summed E-state index contributed by atoms with van der Waals surface area (Å²) < 4.78 is 28.4. The fourth-order valence-corrected chi connectivity index (χ4v) is 2.16. The Balaban J connectivity index is 2.31. The van der Waals surface area contributed by atoms with E-state index in [2.05, 4.69) is 9.97 Å². The van der Waals surface area contributed by atoms with Crippen LogP contribution in [-0.2, 0) is 6.54 Å². The topological polar surface area (TPSA) is 30.7 Å². The molecule has 0 amide bonds. The summed E-state index contributed by atoms with van der Waals surface area (Å²) in [6, 6.07) is 5.97. The van der Waals surface area contributed by atoms with Crippen molar-refractivity contribution in [2.45, 2.75) is 13.5 Å². The number of imidazole rings is 1. The molecule has 0 atom stereocenters. The molecule has 0 saturated carbocycles. The SMILES string of the molecule is CCn1c(-c2cccnc2)nc2cc(F)c(F)cc21. The number of hydrogen-bond donors (Lipinski definition) is 0. The van der Waals surface area contributed by atoms with E-state index >= 15 is 0 Å². The standard InChI is InChI=1S/C14H11F2N3/c1-2-19-13-7-11(16)10(15)6-12(13)18-14(19)9-4-3-5-17-8-9/h3-8H,2H2,1H3. The van der Waals surface area contributed by atoms with E-state index in [9.17, 15) is 8.78 Å². The lowest BCUT2D eigenvalue weighted by molar-refractivity contribution is 0.510. The monoisotopic (exact) mass is 259 g/mol. The van der Waals surface area contributed by atoms with Gasteiger partial charge in [0, 0.05) is 36.6 Å². The van der Waals surface area contributed by atoms with Crippen LogP contribution in [0, 0.1) is 11.6 Å². The minimum Gasteiger partial charge on any atom is -0.324 e. The van der Waals surface area contributed by atoms with Crippen molar-refractivity contribution >= 4 is 11.0 Å². The normalized spacial score (nSPS) is 11.1. The number of halogens is 2. The lowest BCUT2D eigenvalue weighted by Crippen LogP contribution is -1.98. The molecule has 5 heteroatoms. The molecule has 0 unspecified atom stereocenters. The van der Waals surface area contributed by atoms with Crippen LogP contribution in [0.25, 0.3) is 22.4 Å². The van der Waals surface area contributed by atoms with E-state index in [4.69, 9.17) is 0 Å². The van der Waals surface area contributed by atoms with Gasteiger partial charge in [0.2, 0.25) is 0 Å². The third-order valence-corrected chi connectivity index (χ3v) is 3.03. The molecule has 1 aromatic carbocycles. The number of nitrogens with zero attached hydrogens (tertiary/aromatic N) is 3. The van der Waals surface area contributed by atoms with Gasteiger partial charge in [0.1, 0.15) is 5.82 Å². The largest absolute Gasteiger partial charge is 0.324 e. The Morgan fingerprint density at radius 3 is 2.68 bits per heavy atom. The van der Waals surface area contributed by atoms with Crippen molar-refractivity contribution in [3.8, 4) is 11.4 Å². The summed E-state index contributed by atoms with van der Waals surface area (Å²) in [6.45, 7) is 2.55. The van der Waals surface area contributed by atoms with Crippen LogP contribution in [0.15, 0.2) is 36.7 Å². The van der Waals surface area contributed by atoms with Crippen LogP contribution in [0.4, 0.5) is 8.78 Å². The average Bonchev–Trinajstić information content (AvgIpc) is 2.78. The fraction of sp³-hybridized carbons (Fsp3) is 0.143. The van der Waals surface area contributed by atoms with Crippen LogP contribution in [0.3, 0.4) is 0 Å². The maximum atomic E-state index is 13.3. The van der Waals surface area contributed by atoms with E-state index in [1.807, 2.05) is 17.6 Å². The third-order valence-electron chi connectivity index (χ3n) is 3.03. The molecule has 0 spiro atoms. The third kappa shape index (κ3) is 1.87. The van der Waals surface area contributed by atoms with Crippen molar-refractivity contribution in [3.05, 3.63) is 48.3 Å². The van der Waals surface area contributed by atoms with Crippen molar-refractivity contribution in [2.75, 3.05) is 0 Å². The van der Waals surface area contributed by atoms with Gasteiger partial charge in [-0.3, -0.25) is 4.98 Å². The van der Waals surface area contributed by atoms with Gasteiger partial charge in [-0.25, -0.2) is 13.8 Å². The molecule has 96 valence electrons. The molecular formula is C14H11F2N3. The number of fused-ring (bicyclic) bond motifs is 1. The van der Waals surface area contributed by atoms with E-state index in [1.54, 1.807) is 18.5 Å². The molecule has 3 nitrogen and oxygen atoms in total. The predicted molar refractivity (Wildman–Crippen MR) is 68.6 cm³/mol. The van der Waals surface area contributed by atoms with Gasteiger partial charge in [-0.15, -0.1) is 0 Å². The summed E-state index contributed by atoms with van der Waals surface area (Å²) in [5.41, 5.74) is 1.85. The van der Waals surface area contributed by atoms with Crippen LogP contribution in [0.2, 0.25) is 0 Å². The van der Waals surface area contributed by atoms with Gasteiger partial charge in [-0.05, 0) is 19.1 Å². The second-order valence-electron chi connectivity index (χ2n) is 4.18. The zero-order chi connectivity index (χ0) is 13.4. The molecular weight excluding hydrogens is 248 g/mol. The fourth-order valence-electron chi connectivity index (χ4n) is 2.16. The molecule has 3 aromatic rings. The smallest absolute Gasteiger partial charge is 0.161 e. The summed E-state index contributed by atoms with van der Waals surface area (Å²) in [6.07, 6.45) is 3.35. The first-order valence-electron chi connectivity index (χ1n) is 5.96. The summed E-state index contributed by atoms with van der Waals surface area (Å²) in [4.78, 5) is 8.41. The maximum Gasteiger partial charge on any atom is 0.161 e. The quantitative estimate of drug-likeness (QED) is 0.706. The number of pyridine rings is 1. The molecule has 0 aliphatic carbocycles. The van der Waals surface area contributed by atoms with Crippen molar-refractivity contribution in [1.82, 2.24) is 14.5 Å². The Bertz CT molecular complexity index is 735. The van der Waals surface area contributed by atoms with Crippen molar-refractivity contribution in [2.24, 2.45) is 0 Å². The van der Waals surface area contributed by atoms with Gasteiger partial charge >= 0.3 is 0 Å². The van der Waals surface area contributed by atoms with Crippen LogP contribution in [-0.4, -0.2) is 14.5 Å². The number of aryl methyl sites for hydroxylation is 1. The second kappa shape index (κ2) is 4.42. The number of hydrogen-bond acceptors (Lipinski definition) is 2. The highest BCUT2D eigenvalue weighted by Gasteiger charge is 2.14. The Morgan fingerprint density at radius 1 is 1.21 bits per heavy atom. The Morgan fingerprint density at radius 2 is 2.00 bits per heavy atom. The van der Waals surface area contributed by atoms with Crippen LogP contribution >= 0.6 is 0 Å². The first-order valence-corrected chi connectivity index (χ1v) is 5.96. The highest BCUT2D eigenvalue weighted by Crippen LogP contribution is 2.25. The van der Waals surface area contributed by atoms with Crippen LogP contribution in [0.1, 0.15) is 6.92 Å². The highest BCUT2D eigenvalue weighted by atomic mass is 19.2. The molecule has 3 rings (SSSR count). The van der Waals surface area contributed by atoms with E-state index < -0.39 is 11.6 Å². The van der Waals surface area contributed by atoms with E-state index in [0.717, 1.165) is 11.6 Å². The minimum absolute atomic E-state index is 0.444. The van der Waals surface area contributed by atoms with Crippen molar-refractivity contribution in [3.63, 3.8) is 0 Å². The zero-order valence-corrected chi connectivity index (χ0v) is 10.3. The molecule has 0 aliphatic heterocycles. The molecule has 0 radical (unpaired) electrons. The zero-order valence-electron chi connectivity index (χ0n) is 10.3. The van der Waals surface area contributed by atoms with Gasteiger partial charge in [-0.2, -0.15) is 0 Å². The van der Waals surface area contributed by atoms with E-state index in [0.29, 0.717) is 23.4 Å². The Labute approximate surface area is 108 Å². The number of aromatic nitrogens is 3. The van der Waals surface area contributed by atoms with Gasteiger partial charge in [-0.1, -0.05) is 0 Å². The summed E-state index contributed by atoms with van der Waals surface area (Å²) in [7, 11) is 0. The van der Waals surface area contributed by atoms with Gasteiger partial charge in [0.15, 0.2) is 11.6 Å². The maximum absolute atomic E-state index is 13.3. The number of rotatable bonds is 2. The van der Waals surface area contributed by atoms with Gasteiger partial charge in [0.25, 0.3) is 0 Å². The Hall–Kier alpha value is -2.30. The molecule has 0 fully saturated rings. The van der Waals surface area contributed by atoms with E-state index in [1.165, 1.54) is 6.07 Å². The Kier molecular flexibility index (Phi) is 2.74. The average molecular weight is 259 g/mol. The summed E-state index contributed by atoms with van der Waals surface area (Å²) in [5.74, 6) is -1.08. The molecule has 19 heavy (non-hydrogen) atoms. The molecule has 2 heterocycles. The lowest BCUT2D eigenvalue weighted by Gasteiger charge is -2.05. The predicted octanol–water partition coefficient (Wildman–Crippen LogP) is 3.40. The molecule has 0 aliphatic rings. The van der Waals surface area contributed by atoms with Gasteiger partial charge in [0.05, 0.1) is 11.0 Å². The summed E-state index contributed by atoms with van der Waals surface area (Å²) >= 11 is 0. The van der Waals surface area contributed by atoms with Crippen molar-refractivity contribution < 1.29 is 8.78 Å². The number of benzene rings is 1. The molecule has 0 bridgehead atoms.